The molecule has 0 aliphatic carbocycles. The molecular formula is C14H18N4O2S. The second-order valence-electron chi connectivity index (χ2n) is 5.21. The Balaban J connectivity index is 2.14. The van der Waals surface area contributed by atoms with Gasteiger partial charge in [0.2, 0.25) is 0 Å². The van der Waals surface area contributed by atoms with E-state index >= 15 is 0 Å². The molecule has 1 atom stereocenters. The van der Waals surface area contributed by atoms with Crippen molar-refractivity contribution < 1.29 is 8.42 Å². The summed E-state index contributed by atoms with van der Waals surface area (Å²) in [5, 5.41) is 0. The molecule has 2 aromatic heterocycles. The van der Waals surface area contributed by atoms with Gasteiger partial charge in [0.05, 0.1) is 6.04 Å². The van der Waals surface area contributed by atoms with Gasteiger partial charge in [-0.2, -0.15) is 17.0 Å². The Morgan fingerprint density at radius 3 is 2.57 bits per heavy atom. The average molecular weight is 306 g/mol. The van der Waals surface area contributed by atoms with Crippen LogP contribution in [0.3, 0.4) is 0 Å². The molecule has 7 heteroatoms. The molecule has 0 spiro atoms. The van der Waals surface area contributed by atoms with Crippen LogP contribution in [0.4, 0.5) is 0 Å². The van der Waals surface area contributed by atoms with Gasteiger partial charge in [0.25, 0.3) is 10.2 Å². The quantitative estimate of drug-likeness (QED) is 0.853. The zero-order chi connectivity index (χ0) is 15.0. The lowest BCUT2D eigenvalue weighted by Gasteiger charge is -2.37. The van der Waals surface area contributed by atoms with E-state index in [1.807, 2.05) is 30.5 Å². The normalized spacial score (nSPS) is 19.7. The van der Waals surface area contributed by atoms with Gasteiger partial charge in [0.1, 0.15) is 0 Å². The van der Waals surface area contributed by atoms with Gasteiger partial charge in [-0.05, 0) is 29.8 Å². The maximum atomic E-state index is 12.6. The maximum absolute atomic E-state index is 12.6. The van der Waals surface area contributed by atoms with Crippen LogP contribution in [-0.4, -0.2) is 47.2 Å². The van der Waals surface area contributed by atoms with Crippen molar-refractivity contribution in [2.45, 2.75) is 12.6 Å². The molecule has 112 valence electrons. The van der Waals surface area contributed by atoms with E-state index in [2.05, 4.69) is 9.55 Å². The van der Waals surface area contributed by atoms with Crippen molar-refractivity contribution >= 4 is 10.2 Å². The predicted molar refractivity (Wildman–Crippen MR) is 79.8 cm³/mol. The van der Waals surface area contributed by atoms with Gasteiger partial charge in [0.15, 0.2) is 0 Å². The van der Waals surface area contributed by atoms with Crippen LogP contribution in [0, 0.1) is 0 Å². The van der Waals surface area contributed by atoms with Gasteiger partial charge in [-0.1, -0.05) is 0 Å². The zero-order valence-corrected chi connectivity index (χ0v) is 12.9. The summed E-state index contributed by atoms with van der Waals surface area (Å²) in [6.07, 6.45) is 5.37. The lowest BCUT2D eigenvalue weighted by Crippen LogP contribution is -2.47. The molecule has 0 N–H and O–H groups in total. The number of rotatable bonds is 3. The molecule has 6 nitrogen and oxygen atoms in total. The van der Waals surface area contributed by atoms with Crippen molar-refractivity contribution in [2.24, 2.45) is 0 Å². The molecule has 3 heterocycles. The van der Waals surface area contributed by atoms with Crippen LogP contribution in [-0.2, 0) is 16.8 Å². The molecule has 0 amide bonds. The maximum Gasteiger partial charge on any atom is 0.282 e. The summed E-state index contributed by atoms with van der Waals surface area (Å²) in [6.45, 7) is 1.12. The van der Waals surface area contributed by atoms with Crippen LogP contribution in [0.25, 0.3) is 0 Å². The fraction of sp³-hybridized carbons (Fsp3) is 0.357. The Morgan fingerprint density at radius 1 is 1.19 bits per heavy atom. The first-order valence-electron chi connectivity index (χ1n) is 6.76. The van der Waals surface area contributed by atoms with Crippen LogP contribution in [0.1, 0.15) is 17.3 Å². The monoisotopic (exact) mass is 306 g/mol. The lowest BCUT2D eigenvalue weighted by atomic mass is 10.0. The summed E-state index contributed by atoms with van der Waals surface area (Å²) in [4.78, 5) is 4.02. The molecule has 21 heavy (non-hydrogen) atoms. The van der Waals surface area contributed by atoms with Crippen molar-refractivity contribution in [3.8, 4) is 0 Å². The van der Waals surface area contributed by atoms with Crippen molar-refractivity contribution in [1.29, 1.82) is 0 Å². The minimum Gasteiger partial charge on any atom is -0.348 e. The Kier molecular flexibility index (Phi) is 3.56. The second kappa shape index (κ2) is 5.25. The molecule has 1 aliphatic rings. The number of hydrogen-bond acceptors (Lipinski definition) is 3. The SMILES string of the molecule is CN(C)S(=O)(=O)N1CCn2cccc2C1c1ccncc1. The Bertz CT molecular complexity index is 724. The van der Waals surface area contributed by atoms with Crippen LogP contribution in [0.2, 0.25) is 0 Å². The largest absolute Gasteiger partial charge is 0.348 e. The first-order valence-corrected chi connectivity index (χ1v) is 8.16. The highest BCUT2D eigenvalue weighted by molar-refractivity contribution is 7.86. The standard InChI is InChI=1S/C14H18N4O2S/c1-16(2)21(19,20)18-11-10-17-9-3-4-13(17)14(18)12-5-7-15-8-6-12/h3-9,14H,10-11H2,1-2H3. The molecule has 0 saturated carbocycles. The molecule has 0 fully saturated rings. The fourth-order valence-corrected chi connectivity index (χ4v) is 3.93. The topological polar surface area (TPSA) is 58.4 Å². The van der Waals surface area contributed by atoms with Gasteiger partial charge < -0.3 is 4.57 Å². The summed E-state index contributed by atoms with van der Waals surface area (Å²) in [7, 11) is -0.361. The van der Waals surface area contributed by atoms with E-state index in [0.717, 1.165) is 11.3 Å². The Morgan fingerprint density at radius 2 is 1.90 bits per heavy atom. The minimum absolute atomic E-state index is 0.316. The molecule has 1 aliphatic heterocycles. The predicted octanol–water partition coefficient (Wildman–Crippen LogP) is 1.09. The summed E-state index contributed by atoms with van der Waals surface area (Å²) in [6, 6.07) is 7.35. The van der Waals surface area contributed by atoms with Crippen molar-refractivity contribution in [3.05, 3.63) is 54.1 Å². The molecule has 0 radical (unpaired) electrons. The van der Waals surface area contributed by atoms with Gasteiger partial charge in [-0.15, -0.1) is 0 Å². The van der Waals surface area contributed by atoms with E-state index in [1.54, 1.807) is 30.8 Å². The van der Waals surface area contributed by atoms with Crippen LogP contribution in [0.15, 0.2) is 42.9 Å². The Labute approximate surface area is 124 Å². The van der Waals surface area contributed by atoms with Gasteiger partial charge >= 0.3 is 0 Å². The molecular weight excluding hydrogens is 288 g/mol. The van der Waals surface area contributed by atoms with Crippen molar-refractivity contribution in [1.82, 2.24) is 18.2 Å². The highest BCUT2D eigenvalue weighted by Crippen LogP contribution is 2.34. The van der Waals surface area contributed by atoms with E-state index in [9.17, 15) is 8.42 Å². The number of hydrogen-bond donors (Lipinski definition) is 0. The van der Waals surface area contributed by atoms with Crippen LogP contribution in [0.5, 0.6) is 0 Å². The number of pyridine rings is 1. The summed E-state index contributed by atoms with van der Waals surface area (Å²) < 4.78 is 30.2. The van der Waals surface area contributed by atoms with E-state index < -0.39 is 10.2 Å². The zero-order valence-electron chi connectivity index (χ0n) is 12.0. The molecule has 2 aromatic rings. The smallest absolute Gasteiger partial charge is 0.282 e. The Hall–Kier alpha value is -1.70. The highest BCUT2D eigenvalue weighted by atomic mass is 32.2. The van der Waals surface area contributed by atoms with E-state index in [0.29, 0.717) is 13.1 Å². The third-order valence-corrected chi connectivity index (χ3v) is 5.68. The number of fused-ring (bicyclic) bond motifs is 1. The van der Waals surface area contributed by atoms with Crippen LogP contribution < -0.4 is 0 Å². The highest BCUT2D eigenvalue weighted by Gasteiger charge is 2.37. The van der Waals surface area contributed by atoms with Crippen molar-refractivity contribution in [3.63, 3.8) is 0 Å². The molecule has 0 saturated heterocycles. The summed E-state index contributed by atoms with van der Waals surface area (Å²) in [5.41, 5.74) is 1.91. The average Bonchev–Trinajstić information content (AvgIpc) is 2.95. The first kappa shape index (κ1) is 14.2. The van der Waals surface area contributed by atoms with Gasteiger partial charge in [0, 0.05) is 51.5 Å². The summed E-state index contributed by atoms with van der Waals surface area (Å²) >= 11 is 0. The third kappa shape index (κ3) is 2.37. The van der Waals surface area contributed by atoms with E-state index in [-0.39, 0.29) is 6.04 Å². The van der Waals surface area contributed by atoms with Gasteiger partial charge in [-0.25, -0.2) is 0 Å². The van der Waals surface area contributed by atoms with Crippen LogP contribution >= 0.6 is 0 Å². The second-order valence-corrected chi connectivity index (χ2v) is 7.31. The fourth-order valence-electron chi connectivity index (χ4n) is 2.70. The van der Waals surface area contributed by atoms with Gasteiger partial charge in [-0.3, -0.25) is 4.98 Å². The first-order chi connectivity index (χ1) is 10.0. The minimum atomic E-state index is -3.48. The third-order valence-electron chi connectivity index (χ3n) is 3.77. The van der Waals surface area contributed by atoms with Crippen molar-refractivity contribution in [2.75, 3.05) is 20.6 Å². The molecule has 0 bridgehead atoms. The van der Waals surface area contributed by atoms with E-state index in [1.165, 1.54) is 4.31 Å². The number of nitrogens with zero attached hydrogens (tertiary/aromatic N) is 4. The molecule has 1 unspecified atom stereocenters. The molecule has 3 rings (SSSR count). The molecule has 0 aromatic carbocycles. The van der Waals surface area contributed by atoms with E-state index in [4.69, 9.17) is 0 Å². The number of aromatic nitrogens is 2. The lowest BCUT2D eigenvalue weighted by molar-refractivity contribution is 0.281. The summed E-state index contributed by atoms with van der Waals surface area (Å²) in [5.74, 6) is 0.